The number of benzene rings is 1. The Balaban J connectivity index is 3.45. The van der Waals surface area contributed by atoms with Crippen LogP contribution in [0.1, 0.15) is 25.0 Å². The standard InChI is InChI=1S/C15H22N2O3S/c1-12-7-8-14(13(10-12)6-5-9-16)21(19,20)17(4)15(2,3)11-18/h7-8,10,18H,9,11,16H2,1-4H3. The third-order valence-electron chi connectivity index (χ3n) is 3.34. The minimum Gasteiger partial charge on any atom is -0.394 e. The molecule has 0 spiro atoms. The molecule has 6 heteroatoms. The maximum atomic E-state index is 12.7. The number of nitrogens with two attached hydrogens (primary N) is 1. The number of nitrogens with zero attached hydrogens (tertiary/aromatic N) is 1. The van der Waals surface area contributed by atoms with Crippen molar-refractivity contribution in [3.8, 4) is 11.8 Å². The molecule has 0 heterocycles. The monoisotopic (exact) mass is 310 g/mol. The van der Waals surface area contributed by atoms with Crippen LogP contribution in [0.25, 0.3) is 0 Å². The Morgan fingerprint density at radius 3 is 2.52 bits per heavy atom. The quantitative estimate of drug-likeness (QED) is 0.802. The third kappa shape index (κ3) is 3.83. The van der Waals surface area contributed by atoms with Crippen LogP contribution >= 0.6 is 0 Å². The molecular formula is C15H22N2O3S. The van der Waals surface area contributed by atoms with Crippen molar-refractivity contribution in [1.29, 1.82) is 0 Å². The molecular weight excluding hydrogens is 288 g/mol. The molecule has 0 unspecified atom stereocenters. The summed E-state index contributed by atoms with van der Waals surface area (Å²) in [6.07, 6.45) is 0. The number of hydrogen-bond donors (Lipinski definition) is 2. The predicted octanol–water partition coefficient (Wildman–Crippen LogP) is 0.697. The number of rotatable bonds is 4. The molecule has 0 aliphatic heterocycles. The Morgan fingerprint density at radius 1 is 1.38 bits per heavy atom. The van der Waals surface area contributed by atoms with E-state index in [1.54, 1.807) is 26.0 Å². The smallest absolute Gasteiger partial charge is 0.244 e. The van der Waals surface area contributed by atoms with Crippen LogP contribution in [0.15, 0.2) is 23.1 Å². The summed E-state index contributed by atoms with van der Waals surface area (Å²) in [6, 6.07) is 4.98. The van der Waals surface area contributed by atoms with Crippen LogP contribution in [0.3, 0.4) is 0 Å². The predicted molar refractivity (Wildman–Crippen MR) is 83.2 cm³/mol. The van der Waals surface area contributed by atoms with E-state index in [2.05, 4.69) is 11.8 Å². The highest BCUT2D eigenvalue weighted by Crippen LogP contribution is 2.25. The van der Waals surface area contributed by atoms with Gasteiger partial charge in [-0.2, -0.15) is 4.31 Å². The zero-order chi connectivity index (χ0) is 16.3. The summed E-state index contributed by atoms with van der Waals surface area (Å²) in [5.41, 5.74) is 5.79. The molecule has 0 atom stereocenters. The zero-order valence-electron chi connectivity index (χ0n) is 12.8. The average molecular weight is 310 g/mol. The molecule has 0 aliphatic carbocycles. The Morgan fingerprint density at radius 2 is 2.00 bits per heavy atom. The van der Waals surface area contributed by atoms with Crippen molar-refractivity contribution in [3.05, 3.63) is 29.3 Å². The molecule has 21 heavy (non-hydrogen) atoms. The summed E-state index contributed by atoms with van der Waals surface area (Å²) in [4.78, 5) is 0.123. The summed E-state index contributed by atoms with van der Waals surface area (Å²) in [7, 11) is -2.31. The lowest BCUT2D eigenvalue weighted by atomic mass is 10.1. The van der Waals surface area contributed by atoms with Gasteiger partial charge >= 0.3 is 0 Å². The molecule has 0 radical (unpaired) electrons. The van der Waals surface area contributed by atoms with Crippen molar-refractivity contribution in [3.63, 3.8) is 0 Å². The Kier molecular flexibility index (Phi) is 5.54. The van der Waals surface area contributed by atoms with E-state index in [0.29, 0.717) is 5.56 Å². The topological polar surface area (TPSA) is 83.6 Å². The van der Waals surface area contributed by atoms with Crippen molar-refractivity contribution in [2.45, 2.75) is 31.2 Å². The van der Waals surface area contributed by atoms with Gasteiger partial charge in [0.25, 0.3) is 0 Å². The Hall–Kier alpha value is -1.39. The van der Waals surface area contributed by atoms with Crippen LogP contribution in [0, 0.1) is 18.8 Å². The third-order valence-corrected chi connectivity index (χ3v) is 5.47. The van der Waals surface area contributed by atoms with Gasteiger partial charge in [-0.3, -0.25) is 0 Å². The van der Waals surface area contributed by atoms with E-state index >= 15 is 0 Å². The van der Waals surface area contributed by atoms with Gasteiger partial charge in [-0.05, 0) is 38.5 Å². The van der Waals surface area contributed by atoms with E-state index in [0.717, 1.165) is 9.87 Å². The number of aliphatic hydroxyl groups excluding tert-OH is 1. The normalized spacial score (nSPS) is 12.1. The van der Waals surface area contributed by atoms with E-state index in [4.69, 9.17) is 5.73 Å². The molecule has 5 nitrogen and oxygen atoms in total. The lowest BCUT2D eigenvalue weighted by molar-refractivity contribution is 0.138. The van der Waals surface area contributed by atoms with E-state index in [1.165, 1.54) is 13.1 Å². The molecule has 0 saturated heterocycles. The van der Waals surface area contributed by atoms with Crippen LogP contribution in [0.5, 0.6) is 0 Å². The van der Waals surface area contributed by atoms with Crippen molar-refractivity contribution in [2.75, 3.05) is 20.2 Å². The molecule has 0 amide bonds. The van der Waals surface area contributed by atoms with Crippen molar-refractivity contribution in [2.24, 2.45) is 5.73 Å². The van der Waals surface area contributed by atoms with Crippen LogP contribution < -0.4 is 5.73 Å². The van der Waals surface area contributed by atoms with Gasteiger partial charge in [0, 0.05) is 12.6 Å². The van der Waals surface area contributed by atoms with Gasteiger partial charge in [0.05, 0.1) is 23.6 Å². The fraction of sp³-hybridized carbons (Fsp3) is 0.467. The van der Waals surface area contributed by atoms with Crippen LogP contribution in [-0.4, -0.2) is 43.6 Å². The van der Waals surface area contributed by atoms with E-state index < -0.39 is 15.6 Å². The highest BCUT2D eigenvalue weighted by atomic mass is 32.2. The van der Waals surface area contributed by atoms with Gasteiger partial charge in [-0.15, -0.1) is 0 Å². The van der Waals surface area contributed by atoms with E-state index in [9.17, 15) is 13.5 Å². The minimum absolute atomic E-state index is 0.123. The fourth-order valence-electron chi connectivity index (χ4n) is 1.69. The first kappa shape index (κ1) is 17.7. The van der Waals surface area contributed by atoms with E-state index in [-0.39, 0.29) is 18.0 Å². The maximum Gasteiger partial charge on any atom is 0.244 e. The SMILES string of the molecule is Cc1ccc(S(=O)(=O)N(C)C(C)(C)CO)c(C#CCN)c1. The maximum absolute atomic E-state index is 12.7. The van der Waals surface area contributed by atoms with Crippen LogP contribution in [0.4, 0.5) is 0 Å². The summed E-state index contributed by atoms with van der Waals surface area (Å²) in [6.45, 7) is 5.06. The summed E-state index contributed by atoms with van der Waals surface area (Å²) in [5, 5.41) is 9.38. The molecule has 0 saturated carbocycles. The van der Waals surface area contributed by atoms with E-state index in [1.807, 2.05) is 6.92 Å². The molecule has 0 bridgehead atoms. The average Bonchev–Trinajstić information content (AvgIpc) is 2.43. The molecule has 0 aromatic heterocycles. The minimum atomic E-state index is -3.76. The molecule has 1 aromatic carbocycles. The highest BCUT2D eigenvalue weighted by molar-refractivity contribution is 7.89. The molecule has 0 fully saturated rings. The Labute approximate surface area is 126 Å². The summed E-state index contributed by atoms with van der Waals surface area (Å²) in [5.74, 6) is 5.48. The molecule has 0 aliphatic rings. The van der Waals surface area contributed by atoms with Crippen molar-refractivity contribution < 1.29 is 13.5 Å². The highest BCUT2D eigenvalue weighted by Gasteiger charge is 2.34. The molecule has 116 valence electrons. The molecule has 1 rings (SSSR count). The summed E-state index contributed by atoms with van der Waals surface area (Å²) < 4.78 is 26.7. The molecule has 3 N–H and O–H groups in total. The summed E-state index contributed by atoms with van der Waals surface area (Å²) >= 11 is 0. The first-order chi connectivity index (χ1) is 9.66. The van der Waals surface area contributed by atoms with Crippen LogP contribution in [0.2, 0.25) is 0 Å². The Bertz CT molecular complexity index is 670. The first-order valence-electron chi connectivity index (χ1n) is 6.56. The first-order valence-corrected chi connectivity index (χ1v) is 8.00. The van der Waals surface area contributed by atoms with Gasteiger partial charge in [0.2, 0.25) is 10.0 Å². The number of hydrogen-bond acceptors (Lipinski definition) is 4. The zero-order valence-corrected chi connectivity index (χ0v) is 13.7. The second-order valence-corrected chi connectivity index (χ2v) is 7.39. The number of sulfonamides is 1. The van der Waals surface area contributed by atoms with Crippen molar-refractivity contribution in [1.82, 2.24) is 4.31 Å². The fourth-order valence-corrected chi connectivity index (χ4v) is 3.32. The lowest BCUT2D eigenvalue weighted by Crippen LogP contribution is -2.47. The van der Waals surface area contributed by atoms with Gasteiger partial charge in [0.15, 0.2) is 0 Å². The number of likely N-dealkylation sites (N-methyl/N-ethyl adjacent to an activating group) is 1. The van der Waals surface area contributed by atoms with Gasteiger partial charge in [-0.25, -0.2) is 8.42 Å². The van der Waals surface area contributed by atoms with Crippen LogP contribution in [-0.2, 0) is 10.0 Å². The van der Waals surface area contributed by atoms with Gasteiger partial charge in [-0.1, -0.05) is 17.9 Å². The molecule has 1 aromatic rings. The second kappa shape index (κ2) is 6.58. The number of aliphatic hydroxyl groups is 1. The lowest BCUT2D eigenvalue weighted by Gasteiger charge is -2.33. The van der Waals surface area contributed by atoms with Crippen molar-refractivity contribution >= 4 is 10.0 Å². The number of aryl methyl sites for hydroxylation is 1. The van der Waals surface area contributed by atoms with Gasteiger partial charge in [0.1, 0.15) is 0 Å². The van der Waals surface area contributed by atoms with Gasteiger partial charge < -0.3 is 10.8 Å². The second-order valence-electron chi connectivity index (χ2n) is 5.45. The largest absolute Gasteiger partial charge is 0.394 e.